The minimum absolute atomic E-state index is 0.0709. The Bertz CT molecular complexity index is 743. The lowest BCUT2D eigenvalue weighted by Crippen LogP contribution is -2.59. The van der Waals surface area contributed by atoms with E-state index in [4.69, 9.17) is 0 Å². The molecule has 132 valence electrons. The third kappa shape index (κ3) is 3.71. The van der Waals surface area contributed by atoms with E-state index < -0.39 is 0 Å². The molecule has 1 fully saturated rings. The molecule has 1 N–H and O–H groups in total. The van der Waals surface area contributed by atoms with Crippen molar-refractivity contribution in [3.05, 3.63) is 53.9 Å². The summed E-state index contributed by atoms with van der Waals surface area (Å²) in [6, 6.07) is 11.4. The number of rotatable bonds is 4. The van der Waals surface area contributed by atoms with E-state index in [0.29, 0.717) is 31.9 Å². The van der Waals surface area contributed by atoms with Gasteiger partial charge in [0.25, 0.3) is 5.91 Å². The third-order valence-corrected chi connectivity index (χ3v) is 4.60. The van der Waals surface area contributed by atoms with E-state index in [-0.39, 0.29) is 17.9 Å². The number of likely N-dealkylation sites (N-methyl/N-ethyl adjacent to an activating group) is 1. The highest BCUT2D eigenvalue weighted by Gasteiger charge is 2.34. The van der Waals surface area contributed by atoms with Crippen LogP contribution in [0.2, 0.25) is 0 Å². The molecule has 1 aliphatic rings. The van der Waals surface area contributed by atoms with Crippen molar-refractivity contribution in [2.24, 2.45) is 7.05 Å². The van der Waals surface area contributed by atoms with E-state index in [1.807, 2.05) is 30.3 Å². The first-order valence-electron chi connectivity index (χ1n) is 8.37. The predicted molar refractivity (Wildman–Crippen MR) is 93.8 cm³/mol. The first-order valence-corrected chi connectivity index (χ1v) is 8.37. The molecule has 1 aliphatic heterocycles. The molecule has 2 amide bonds. The average molecular weight is 341 g/mol. The van der Waals surface area contributed by atoms with Gasteiger partial charge in [-0.15, -0.1) is 0 Å². The first kappa shape index (κ1) is 17.2. The largest absolute Gasteiger partial charge is 0.358 e. The molecule has 1 saturated heterocycles. The summed E-state index contributed by atoms with van der Waals surface area (Å²) in [7, 11) is 3.38. The van der Waals surface area contributed by atoms with Crippen LogP contribution < -0.4 is 5.32 Å². The highest BCUT2D eigenvalue weighted by atomic mass is 16.2. The van der Waals surface area contributed by atoms with E-state index in [9.17, 15) is 9.59 Å². The smallest absolute Gasteiger partial charge is 0.272 e. The second-order valence-electron chi connectivity index (χ2n) is 6.18. The van der Waals surface area contributed by atoms with Crippen LogP contribution in [0.1, 0.15) is 16.1 Å². The topological polar surface area (TPSA) is 70.5 Å². The van der Waals surface area contributed by atoms with Crippen LogP contribution in [0.3, 0.4) is 0 Å². The summed E-state index contributed by atoms with van der Waals surface area (Å²) < 4.78 is 1.56. The highest BCUT2D eigenvalue weighted by molar-refractivity contribution is 5.93. The number of hydrogen-bond donors (Lipinski definition) is 1. The SMILES string of the molecule is CNC(=O)[C@@H]1CN(C(=O)c2ccnn2C)CCN1Cc1ccccc1. The lowest BCUT2D eigenvalue weighted by Gasteiger charge is -2.40. The minimum atomic E-state index is -0.365. The van der Waals surface area contributed by atoms with Crippen molar-refractivity contribution in [2.45, 2.75) is 12.6 Å². The van der Waals surface area contributed by atoms with E-state index in [2.05, 4.69) is 15.3 Å². The molecule has 1 aromatic carbocycles. The lowest BCUT2D eigenvalue weighted by molar-refractivity contribution is -0.128. The van der Waals surface area contributed by atoms with Crippen molar-refractivity contribution in [3.8, 4) is 0 Å². The van der Waals surface area contributed by atoms with Crippen LogP contribution >= 0.6 is 0 Å². The molecule has 0 saturated carbocycles. The molecule has 25 heavy (non-hydrogen) atoms. The maximum Gasteiger partial charge on any atom is 0.272 e. The van der Waals surface area contributed by atoms with Gasteiger partial charge in [-0.25, -0.2) is 0 Å². The number of nitrogens with zero attached hydrogens (tertiary/aromatic N) is 4. The van der Waals surface area contributed by atoms with Crippen LogP contribution in [0.25, 0.3) is 0 Å². The molecule has 7 nitrogen and oxygen atoms in total. The van der Waals surface area contributed by atoms with Crippen LogP contribution in [0, 0.1) is 0 Å². The second-order valence-corrected chi connectivity index (χ2v) is 6.18. The standard InChI is InChI=1S/C18H23N5O2/c1-19-17(24)16-13-23(18(25)15-8-9-20-21(15)2)11-10-22(16)12-14-6-4-3-5-7-14/h3-9,16H,10-13H2,1-2H3,(H,19,24)/t16-/m0/s1. The van der Waals surface area contributed by atoms with Crippen molar-refractivity contribution in [1.29, 1.82) is 0 Å². The number of aryl methyl sites for hydroxylation is 1. The molecule has 0 unspecified atom stereocenters. The van der Waals surface area contributed by atoms with Crippen molar-refractivity contribution < 1.29 is 9.59 Å². The number of amides is 2. The zero-order chi connectivity index (χ0) is 17.8. The number of carbonyl (C=O) groups excluding carboxylic acids is 2. The Hall–Kier alpha value is -2.67. The molecule has 7 heteroatoms. The normalized spacial score (nSPS) is 18.2. The minimum Gasteiger partial charge on any atom is -0.358 e. The molecule has 2 aromatic rings. The molecular formula is C18H23N5O2. The Morgan fingerprint density at radius 3 is 2.60 bits per heavy atom. The molecule has 1 aromatic heterocycles. The van der Waals surface area contributed by atoms with Gasteiger partial charge in [0.15, 0.2) is 0 Å². The summed E-state index contributed by atoms with van der Waals surface area (Å²) in [5, 5.41) is 6.77. The fraction of sp³-hybridized carbons (Fsp3) is 0.389. The van der Waals surface area contributed by atoms with E-state index in [0.717, 1.165) is 5.56 Å². The zero-order valence-electron chi connectivity index (χ0n) is 14.6. The fourth-order valence-corrected chi connectivity index (χ4v) is 3.17. The number of aromatic nitrogens is 2. The summed E-state index contributed by atoms with van der Waals surface area (Å²) in [5.41, 5.74) is 1.69. The monoisotopic (exact) mass is 341 g/mol. The summed E-state index contributed by atoms with van der Waals surface area (Å²) in [6.45, 7) is 2.30. The number of nitrogens with one attached hydrogen (secondary N) is 1. The van der Waals surface area contributed by atoms with E-state index in [1.54, 1.807) is 35.9 Å². The highest BCUT2D eigenvalue weighted by Crippen LogP contribution is 2.16. The van der Waals surface area contributed by atoms with Crippen LogP contribution in [0.4, 0.5) is 0 Å². The van der Waals surface area contributed by atoms with Crippen LogP contribution in [-0.4, -0.2) is 64.1 Å². The van der Waals surface area contributed by atoms with Gasteiger partial charge in [0, 0.05) is 46.5 Å². The summed E-state index contributed by atoms with van der Waals surface area (Å²) >= 11 is 0. The Morgan fingerprint density at radius 1 is 1.20 bits per heavy atom. The van der Waals surface area contributed by atoms with E-state index in [1.165, 1.54) is 0 Å². The Kier molecular flexibility index (Phi) is 5.14. The van der Waals surface area contributed by atoms with Gasteiger partial charge in [-0.3, -0.25) is 19.2 Å². The summed E-state index contributed by atoms with van der Waals surface area (Å²) in [4.78, 5) is 29.0. The Morgan fingerprint density at radius 2 is 1.96 bits per heavy atom. The summed E-state index contributed by atoms with van der Waals surface area (Å²) in [6.07, 6.45) is 1.61. The Labute approximate surface area is 147 Å². The quantitative estimate of drug-likeness (QED) is 0.879. The fourth-order valence-electron chi connectivity index (χ4n) is 3.17. The molecule has 2 heterocycles. The van der Waals surface area contributed by atoms with Crippen LogP contribution in [-0.2, 0) is 18.4 Å². The van der Waals surface area contributed by atoms with Gasteiger partial charge in [-0.2, -0.15) is 5.10 Å². The molecule has 0 aliphatic carbocycles. The number of hydrogen-bond acceptors (Lipinski definition) is 4. The summed E-state index contributed by atoms with van der Waals surface area (Å²) in [5.74, 6) is -0.160. The van der Waals surface area contributed by atoms with Crippen molar-refractivity contribution in [3.63, 3.8) is 0 Å². The number of piperazine rings is 1. The van der Waals surface area contributed by atoms with Crippen molar-refractivity contribution in [1.82, 2.24) is 24.9 Å². The van der Waals surface area contributed by atoms with Gasteiger partial charge in [0.05, 0.1) is 0 Å². The zero-order valence-corrected chi connectivity index (χ0v) is 14.6. The van der Waals surface area contributed by atoms with E-state index >= 15 is 0 Å². The van der Waals surface area contributed by atoms with Gasteiger partial charge in [-0.05, 0) is 11.6 Å². The molecule has 0 radical (unpaired) electrons. The van der Waals surface area contributed by atoms with Crippen LogP contribution in [0.5, 0.6) is 0 Å². The maximum atomic E-state index is 12.7. The van der Waals surface area contributed by atoms with Gasteiger partial charge >= 0.3 is 0 Å². The lowest BCUT2D eigenvalue weighted by atomic mass is 10.1. The number of benzene rings is 1. The maximum absolute atomic E-state index is 12.7. The molecular weight excluding hydrogens is 318 g/mol. The predicted octanol–water partition coefficient (Wildman–Crippen LogP) is 0.493. The van der Waals surface area contributed by atoms with Crippen molar-refractivity contribution in [2.75, 3.05) is 26.7 Å². The molecule has 0 bridgehead atoms. The Balaban J connectivity index is 1.75. The third-order valence-electron chi connectivity index (χ3n) is 4.60. The number of carbonyl (C=O) groups is 2. The van der Waals surface area contributed by atoms with Gasteiger partial charge in [0.1, 0.15) is 11.7 Å². The van der Waals surface area contributed by atoms with Crippen molar-refractivity contribution >= 4 is 11.8 Å². The second kappa shape index (κ2) is 7.48. The van der Waals surface area contributed by atoms with Gasteiger partial charge < -0.3 is 10.2 Å². The first-order chi connectivity index (χ1) is 12.1. The molecule has 0 spiro atoms. The van der Waals surface area contributed by atoms with Gasteiger partial charge in [-0.1, -0.05) is 30.3 Å². The van der Waals surface area contributed by atoms with Crippen LogP contribution in [0.15, 0.2) is 42.6 Å². The molecule has 3 rings (SSSR count). The average Bonchev–Trinajstić information content (AvgIpc) is 3.07. The molecule has 1 atom stereocenters. The van der Waals surface area contributed by atoms with Gasteiger partial charge in [0.2, 0.25) is 5.91 Å².